The van der Waals surface area contributed by atoms with Crippen molar-refractivity contribution in [2.45, 2.75) is 50.2 Å². The minimum Gasteiger partial charge on any atom is -0.466 e. The second-order valence-electron chi connectivity index (χ2n) is 9.32. The molecule has 0 radical (unpaired) electrons. The molecule has 1 aromatic heterocycles. The van der Waals surface area contributed by atoms with Gasteiger partial charge in [0.2, 0.25) is 11.8 Å². The lowest BCUT2D eigenvalue weighted by Gasteiger charge is -2.50. The summed E-state index contributed by atoms with van der Waals surface area (Å²) in [5.74, 6) is -6.22. The highest BCUT2D eigenvalue weighted by atomic mass is 16.6. The van der Waals surface area contributed by atoms with E-state index >= 15 is 0 Å². The van der Waals surface area contributed by atoms with Gasteiger partial charge in [-0.25, -0.2) is 0 Å². The quantitative estimate of drug-likeness (QED) is 0.281. The molecule has 0 spiro atoms. The molecule has 11 heteroatoms. The molecule has 194 valence electrons. The molecule has 1 saturated carbocycles. The van der Waals surface area contributed by atoms with Crippen molar-refractivity contribution in [2.75, 3.05) is 6.61 Å². The van der Waals surface area contributed by atoms with E-state index in [9.17, 15) is 30.1 Å². The summed E-state index contributed by atoms with van der Waals surface area (Å²) in [6, 6.07) is 15.4. The van der Waals surface area contributed by atoms with Crippen LogP contribution in [-0.2, 0) is 9.53 Å². The first-order valence-electron chi connectivity index (χ1n) is 11.8. The van der Waals surface area contributed by atoms with Crippen molar-refractivity contribution in [2.24, 2.45) is 5.92 Å². The number of nitrogens with zero attached hydrogens (tertiary/aromatic N) is 3. The molecule has 2 aromatic carbocycles. The van der Waals surface area contributed by atoms with Crippen LogP contribution in [0.3, 0.4) is 0 Å². The summed E-state index contributed by atoms with van der Waals surface area (Å²) in [6.07, 6.45) is 0. The standard InChI is InChI=1S/C26H27N3O8/c1-4-36-25(30)21-19(17-13-9-6-10-14-17)23(29(34)35)18(16-11-7-5-8-12-16)20(26(21,3)31)24-22(28(32)33)15(2)27-37-24/h5-14,18-21,23,31H,4H2,1-3H3/t18-,19+,20+,21-,23-,26-/m0/s1. The fourth-order valence-corrected chi connectivity index (χ4v) is 5.78. The summed E-state index contributed by atoms with van der Waals surface area (Å²) >= 11 is 0. The SMILES string of the molecule is CCOC(=O)[C@@H]1[C@@H](c2ccccc2)[C@@H]([N+](=O)[O-])[C@@H](c2ccccc2)[C@H](c2onc(C)c2[N+](=O)[O-])[C@]1(C)O. The monoisotopic (exact) mass is 509 g/mol. The number of rotatable bonds is 7. The van der Waals surface area contributed by atoms with Gasteiger partial charge in [0.25, 0.3) is 0 Å². The molecule has 37 heavy (non-hydrogen) atoms. The molecule has 1 heterocycles. The third-order valence-electron chi connectivity index (χ3n) is 7.19. The van der Waals surface area contributed by atoms with E-state index < -0.39 is 56.8 Å². The summed E-state index contributed by atoms with van der Waals surface area (Å²) in [6.45, 7) is 4.29. The molecule has 6 atom stereocenters. The highest BCUT2D eigenvalue weighted by Crippen LogP contribution is 2.59. The van der Waals surface area contributed by atoms with Crippen LogP contribution in [0, 0.1) is 33.1 Å². The molecule has 0 saturated heterocycles. The number of carbonyl (C=O) groups excluding carboxylic acids is 1. The van der Waals surface area contributed by atoms with Crippen molar-refractivity contribution < 1.29 is 29.0 Å². The van der Waals surface area contributed by atoms with Gasteiger partial charge in [-0.05, 0) is 31.9 Å². The van der Waals surface area contributed by atoms with Gasteiger partial charge in [0, 0.05) is 4.92 Å². The van der Waals surface area contributed by atoms with Gasteiger partial charge < -0.3 is 14.4 Å². The van der Waals surface area contributed by atoms with E-state index in [1.54, 1.807) is 67.6 Å². The maximum absolute atomic E-state index is 13.4. The summed E-state index contributed by atoms with van der Waals surface area (Å²) in [4.78, 5) is 37.1. The first kappa shape index (κ1) is 26.0. The molecular formula is C26H27N3O8. The highest BCUT2D eigenvalue weighted by molar-refractivity contribution is 5.76. The average Bonchev–Trinajstić information content (AvgIpc) is 3.24. The molecule has 4 rings (SSSR count). The Morgan fingerprint density at radius 3 is 2.08 bits per heavy atom. The van der Waals surface area contributed by atoms with Crippen LogP contribution in [0.5, 0.6) is 0 Å². The van der Waals surface area contributed by atoms with Gasteiger partial charge >= 0.3 is 11.7 Å². The van der Waals surface area contributed by atoms with E-state index in [0.717, 1.165) is 0 Å². The van der Waals surface area contributed by atoms with E-state index in [4.69, 9.17) is 9.26 Å². The number of aliphatic hydroxyl groups is 1. The Kier molecular flexibility index (Phi) is 7.08. The first-order valence-corrected chi connectivity index (χ1v) is 11.8. The molecule has 0 amide bonds. The van der Waals surface area contributed by atoms with Gasteiger partial charge in [-0.1, -0.05) is 65.8 Å². The molecule has 0 bridgehead atoms. The minimum absolute atomic E-state index is 0.0234. The van der Waals surface area contributed by atoms with Gasteiger partial charge in [0.1, 0.15) is 0 Å². The zero-order valence-electron chi connectivity index (χ0n) is 20.5. The Morgan fingerprint density at radius 1 is 1.05 bits per heavy atom. The molecule has 1 N–H and O–H groups in total. The Morgan fingerprint density at radius 2 is 1.59 bits per heavy atom. The molecule has 1 fully saturated rings. The van der Waals surface area contributed by atoms with E-state index in [-0.39, 0.29) is 18.1 Å². The number of hydrogen-bond acceptors (Lipinski definition) is 9. The second-order valence-corrected chi connectivity index (χ2v) is 9.32. The van der Waals surface area contributed by atoms with Crippen LogP contribution in [0.1, 0.15) is 54.2 Å². The van der Waals surface area contributed by atoms with Crippen LogP contribution in [0.25, 0.3) is 0 Å². The number of ether oxygens (including phenoxy) is 1. The fraction of sp³-hybridized carbons (Fsp3) is 0.385. The molecule has 0 unspecified atom stereocenters. The molecular weight excluding hydrogens is 482 g/mol. The molecule has 1 aliphatic rings. The van der Waals surface area contributed by atoms with Crippen molar-refractivity contribution in [1.82, 2.24) is 5.16 Å². The first-order chi connectivity index (χ1) is 17.6. The predicted octanol–water partition coefficient (Wildman–Crippen LogP) is 4.13. The number of aromatic nitrogens is 1. The van der Waals surface area contributed by atoms with Crippen LogP contribution in [0.15, 0.2) is 65.2 Å². The average molecular weight is 510 g/mol. The number of esters is 1. The Hall–Kier alpha value is -4.12. The minimum atomic E-state index is -2.07. The lowest BCUT2D eigenvalue weighted by atomic mass is 9.54. The van der Waals surface area contributed by atoms with Gasteiger partial charge in [-0.3, -0.25) is 25.0 Å². The summed E-state index contributed by atoms with van der Waals surface area (Å²) in [7, 11) is 0. The Bertz CT molecular complexity index is 1290. The van der Waals surface area contributed by atoms with Crippen molar-refractivity contribution in [3.63, 3.8) is 0 Å². The summed E-state index contributed by atoms with van der Waals surface area (Å²) in [5.41, 5.74) is -1.69. The van der Waals surface area contributed by atoms with E-state index in [1.165, 1.54) is 13.8 Å². The maximum atomic E-state index is 13.4. The summed E-state index contributed by atoms with van der Waals surface area (Å²) in [5, 5.41) is 40.8. The van der Waals surface area contributed by atoms with Crippen molar-refractivity contribution >= 4 is 11.7 Å². The zero-order chi connectivity index (χ0) is 26.9. The van der Waals surface area contributed by atoms with Crippen LogP contribution in [0.4, 0.5) is 5.69 Å². The number of carbonyl (C=O) groups is 1. The lowest BCUT2D eigenvalue weighted by molar-refractivity contribution is -0.539. The van der Waals surface area contributed by atoms with E-state index in [1.807, 2.05) is 0 Å². The largest absolute Gasteiger partial charge is 0.466 e. The zero-order valence-corrected chi connectivity index (χ0v) is 20.5. The van der Waals surface area contributed by atoms with E-state index in [0.29, 0.717) is 11.1 Å². The molecule has 3 aromatic rings. The number of aryl methyl sites for hydroxylation is 1. The van der Waals surface area contributed by atoms with E-state index in [2.05, 4.69) is 5.16 Å². The molecule has 1 aliphatic carbocycles. The van der Waals surface area contributed by atoms with Crippen molar-refractivity contribution in [3.05, 3.63) is 103 Å². The Labute approximate surface area is 212 Å². The van der Waals surface area contributed by atoms with Crippen molar-refractivity contribution in [1.29, 1.82) is 0 Å². The highest BCUT2D eigenvalue weighted by Gasteiger charge is 2.67. The molecule has 0 aliphatic heterocycles. The number of hydrogen-bond donors (Lipinski definition) is 1. The van der Waals surface area contributed by atoms with Crippen LogP contribution in [0.2, 0.25) is 0 Å². The third kappa shape index (κ3) is 4.46. The second kappa shape index (κ2) is 10.1. The fourth-order valence-electron chi connectivity index (χ4n) is 5.78. The third-order valence-corrected chi connectivity index (χ3v) is 7.19. The topological polar surface area (TPSA) is 159 Å². The van der Waals surface area contributed by atoms with Crippen LogP contribution < -0.4 is 0 Å². The lowest BCUT2D eigenvalue weighted by Crippen LogP contribution is -2.60. The van der Waals surface area contributed by atoms with Crippen LogP contribution >= 0.6 is 0 Å². The number of nitro groups is 2. The molecule has 11 nitrogen and oxygen atoms in total. The predicted molar refractivity (Wildman–Crippen MR) is 131 cm³/mol. The maximum Gasteiger partial charge on any atom is 0.334 e. The smallest absolute Gasteiger partial charge is 0.334 e. The van der Waals surface area contributed by atoms with Gasteiger partial charge in [-0.15, -0.1) is 0 Å². The number of benzene rings is 2. The normalized spacial score (nSPS) is 27.4. The van der Waals surface area contributed by atoms with Crippen LogP contribution in [-0.4, -0.2) is 44.3 Å². The van der Waals surface area contributed by atoms with Crippen molar-refractivity contribution in [3.8, 4) is 0 Å². The summed E-state index contributed by atoms with van der Waals surface area (Å²) < 4.78 is 10.7. The van der Waals surface area contributed by atoms with Gasteiger partial charge in [0.05, 0.1) is 40.8 Å². The van der Waals surface area contributed by atoms with Gasteiger partial charge in [0.15, 0.2) is 5.69 Å². The Balaban J connectivity index is 2.08. The van der Waals surface area contributed by atoms with Gasteiger partial charge in [-0.2, -0.15) is 0 Å².